The second-order valence-corrected chi connectivity index (χ2v) is 3.98. The molecular weight excluding hydrogens is 176 g/mol. The van der Waals surface area contributed by atoms with Crippen molar-refractivity contribution in [2.75, 3.05) is 0 Å². The summed E-state index contributed by atoms with van der Waals surface area (Å²) >= 11 is 0. The average molecular weight is 190 g/mol. The van der Waals surface area contributed by atoms with Gasteiger partial charge in [-0.25, -0.2) is 4.68 Å². The highest BCUT2D eigenvalue weighted by Gasteiger charge is 2.30. The number of nitrogens with zero attached hydrogens (tertiary/aromatic N) is 4. The molecule has 0 radical (unpaired) electrons. The fourth-order valence-electron chi connectivity index (χ4n) is 1.78. The summed E-state index contributed by atoms with van der Waals surface area (Å²) in [5.41, 5.74) is 1.87. The molecular formula is C10H14N4. The summed E-state index contributed by atoms with van der Waals surface area (Å²) in [7, 11) is 0. The summed E-state index contributed by atoms with van der Waals surface area (Å²) in [5, 5.41) is 16.7. The molecule has 14 heavy (non-hydrogen) atoms. The molecule has 1 atom stereocenters. The molecule has 0 N–H and O–H groups in total. The van der Waals surface area contributed by atoms with Gasteiger partial charge in [0.15, 0.2) is 0 Å². The molecule has 1 aromatic rings. The average Bonchev–Trinajstić information content (AvgIpc) is 2.94. The lowest BCUT2D eigenvalue weighted by molar-refractivity contribution is 0.420. The molecule has 1 aliphatic carbocycles. The summed E-state index contributed by atoms with van der Waals surface area (Å²) in [6.07, 6.45) is 2.96. The summed E-state index contributed by atoms with van der Waals surface area (Å²) < 4.78 is 1.96. The van der Waals surface area contributed by atoms with E-state index in [0.717, 1.165) is 17.3 Å². The predicted molar refractivity (Wildman–Crippen MR) is 51.5 cm³/mol. The molecule has 1 saturated carbocycles. The van der Waals surface area contributed by atoms with Crippen LogP contribution in [0.25, 0.3) is 0 Å². The van der Waals surface area contributed by atoms with Crippen LogP contribution in [-0.2, 0) is 6.42 Å². The number of rotatable bonds is 3. The first-order chi connectivity index (χ1) is 6.74. The SMILES string of the molecule is Cc1c(CC#N)nnn1C(C)C1CC1. The van der Waals surface area contributed by atoms with Crippen molar-refractivity contribution in [2.24, 2.45) is 5.92 Å². The molecule has 0 aliphatic heterocycles. The number of aromatic nitrogens is 3. The maximum absolute atomic E-state index is 8.59. The van der Waals surface area contributed by atoms with Gasteiger partial charge in [-0.15, -0.1) is 5.10 Å². The smallest absolute Gasteiger partial charge is 0.0996 e. The van der Waals surface area contributed by atoms with Crippen molar-refractivity contribution in [1.82, 2.24) is 15.0 Å². The first-order valence-corrected chi connectivity index (χ1v) is 5.01. The Bertz CT molecular complexity index is 370. The summed E-state index contributed by atoms with van der Waals surface area (Å²) in [4.78, 5) is 0. The largest absolute Gasteiger partial charge is 0.246 e. The molecule has 0 spiro atoms. The van der Waals surface area contributed by atoms with Crippen LogP contribution in [0.15, 0.2) is 0 Å². The van der Waals surface area contributed by atoms with Crippen molar-refractivity contribution in [1.29, 1.82) is 5.26 Å². The molecule has 0 aromatic carbocycles. The van der Waals surface area contributed by atoms with Gasteiger partial charge in [0.25, 0.3) is 0 Å². The Morgan fingerprint density at radius 1 is 1.64 bits per heavy atom. The van der Waals surface area contributed by atoms with Crippen molar-refractivity contribution in [2.45, 2.75) is 39.2 Å². The van der Waals surface area contributed by atoms with Crippen molar-refractivity contribution in [3.8, 4) is 6.07 Å². The van der Waals surface area contributed by atoms with Crippen molar-refractivity contribution in [3.05, 3.63) is 11.4 Å². The van der Waals surface area contributed by atoms with Gasteiger partial charge in [0.05, 0.1) is 29.9 Å². The van der Waals surface area contributed by atoms with Crippen LogP contribution in [0, 0.1) is 24.2 Å². The van der Waals surface area contributed by atoms with Gasteiger partial charge in [-0.1, -0.05) is 5.21 Å². The third-order valence-electron chi connectivity index (χ3n) is 2.96. The minimum atomic E-state index is 0.364. The monoisotopic (exact) mass is 190 g/mol. The molecule has 4 heteroatoms. The standard InChI is InChI=1S/C10H14N4/c1-7(9-3-4-9)14-8(2)10(5-6-11)12-13-14/h7,9H,3-5H2,1-2H3. The Morgan fingerprint density at radius 2 is 2.36 bits per heavy atom. The van der Waals surface area contributed by atoms with Crippen LogP contribution in [0.2, 0.25) is 0 Å². The lowest BCUT2D eigenvalue weighted by Gasteiger charge is -2.11. The van der Waals surface area contributed by atoms with E-state index in [4.69, 9.17) is 5.26 Å². The lowest BCUT2D eigenvalue weighted by atomic mass is 10.2. The fraction of sp³-hybridized carbons (Fsp3) is 0.700. The minimum Gasteiger partial charge on any atom is -0.246 e. The Hall–Kier alpha value is -1.37. The van der Waals surface area contributed by atoms with Crippen molar-refractivity contribution in [3.63, 3.8) is 0 Å². The highest BCUT2D eigenvalue weighted by Crippen LogP contribution is 2.39. The van der Waals surface area contributed by atoms with Gasteiger partial charge in [0, 0.05) is 0 Å². The van der Waals surface area contributed by atoms with Crippen LogP contribution in [-0.4, -0.2) is 15.0 Å². The van der Waals surface area contributed by atoms with Crippen LogP contribution in [0.1, 0.15) is 37.2 Å². The van der Waals surface area contributed by atoms with Gasteiger partial charge >= 0.3 is 0 Å². The van der Waals surface area contributed by atoms with E-state index in [1.807, 2.05) is 11.6 Å². The highest BCUT2D eigenvalue weighted by atomic mass is 15.4. The third-order valence-corrected chi connectivity index (χ3v) is 2.96. The Labute approximate surface area is 83.5 Å². The van der Waals surface area contributed by atoms with E-state index in [0.29, 0.717) is 12.5 Å². The van der Waals surface area contributed by atoms with Gasteiger partial charge in [-0.2, -0.15) is 5.26 Å². The van der Waals surface area contributed by atoms with Crippen LogP contribution >= 0.6 is 0 Å². The summed E-state index contributed by atoms with van der Waals surface area (Å²) in [6.45, 7) is 4.17. The molecule has 2 rings (SSSR count). The molecule has 1 aliphatic rings. The van der Waals surface area contributed by atoms with Crippen LogP contribution in [0.3, 0.4) is 0 Å². The molecule has 1 aromatic heterocycles. The van der Waals surface area contributed by atoms with Gasteiger partial charge < -0.3 is 0 Å². The Kier molecular flexibility index (Phi) is 2.24. The molecule has 74 valence electrons. The van der Waals surface area contributed by atoms with Gasteiger partial charge in [0.2, 0.25) is 0 Å². The molecule has 1 fully saturated rings. The zero-order chi connectivity index (χ0) is 10.1. The molecule has 1 unspecified atom stereocenters. The Balaban J connectivity index is 2.22. The van der Waals surface area contributed by atoms with E-state index in [1.54, 1.807) is 0 Å². The second kappa shape index (κ2) is 3.41. The lowest BCUT2D eigenvalue weighted by Crippen LogP contribution is -2.10. The van der Waals surface area contributed by atoms with E-state index >= 15 is 0 Å². The predicted octanol–water partition coefficient (Wildman–Crippen LogP) is 1.62. The van der Waals surface area contributed by atoms with Gasteiger partial charge in [-0.3, -0.25) is 0 Å². The van der Waals surface area contributed by atoms with Crippen LogP contribution in [0.4, 0.5) is 0 Å². The van der Waals surface area contributed by atoms with Gasteiger partial charge in [0.1, 0.15) is 0 Å². The molecule has 4 nitrogen and oxygen atoms in total. The third kappa shape index (κ3) is 1.50. The number of hydrogen-bond acceptors (Lipinski definition) is 3. The molecule has 0 bridgehead atoms. The maximum Gasteiger partial charge on any atom is 0.0996 e. The number of hydrogen-bond donors (Lipinski definition) is 0. The van der Waals surface area contributed by atoms with Crippen LogP contribution < -0.4 is 0 Å². The zero-order valence-corrected chi connectivity index (χ0v) is 8.56. The molecule has 0 amide bonds. The second-order valence-electron chi connectivity index (χ2n) is 3.98. The van der Waals surface area contributed by atoms with E-state index in [2.05, 4.69) is 23.3 Å². The van der Waals surface area contributed by atoms with E-state index < -0.39 is 0 Å². The zero-order valence-electron chi connectivity index (χ0n) is 8.56. The van der Waals surface area contributed by atoms with E-state index in [9.17, 15) is 0 Å². The minimum absolute atomic E-state index is 0.364. The highest BCUT2D eigenvalue weighted by molar-refractivity contribution is 5.13. The fourth-order valence-corrected chi connectivity index (χ4v) is 1.78. The molecule has 1 heterocycles. The molecule has 0 saturated heterocycles. The van der Waals surface area contributed by atoms with E-state index in [-0.39, 0.29) is 0 Å². The quantitative estimate of drug-likeness (QED) is 0.727. The first-order valence-electron chi connectivity index (χ1n) is 5.01. The van der Waals surface area contributed by atoms with Gasteiger partial charge in [-0.05, 0) is 32.6 Å². The Morgan fingerprint density at radius 3 is 2.93 bits per heavy atom. The van der Waals surface area contributed by atoms with E-state index in [1.165, 1.54) is 12.8 Å². The number of nitriles is 1. The maximum atomic E-state index is 8.59. The van der Waals surface area contributed by atoms with Crippen molar-refractivity contribution < 1.29 is 0 Å². The van der Waals surface area contributed by atoms with Crippen molar-refractivity contribution >= 4 is 0 Å². The first kappa shape index (κ1) is 9.20. The normalized spacial score (nSPS) is 17.8. The summed E-state index contributed by atoms with van der Waals surface area (Å²) in [5.74, 6) is 0.769. The summed E-state index contributed by atoms with van der Waals surface area (Å²) in [6, 6.07) is 2.55. The topological polar surface area (TPSA) is 54.5 Å². The van der Waals surface area contributed by atoms with Crippen LogP contribution in [0.5, 0.6) is 0 Å².